The van der Waals surface area contributed by atoms with Gasteiger partial charge >= 0.3 is 11.9 Å². The van der Waals surface area contributed by atoms with Crippen LogP contribution < -0.4 is 11.5 Å². The molecule has 0 spiro atoms. The largest absolute Gasteiger partial charge is 0.478 e. The van der Waals surface area contributed by atoms with Crippen molar-refractivity contribution in [3.8, 4) is 0 Å². The molecule has 0 heterocycles. The van der Waals surface area contributed by atoms with E-state index in [1.165, 1.54) is 7.05 Å². The molecule has 0 aromatic heterocycles. The summed E-state index contributed by atoms with van der Waals surface area (Å²) in [4.78, 5) is 22.5. The number of guanidine groups is 1. The molecule has 0 rings (SSSR count). The van der Waals surface area contributed by atoms with Crippen molar-refractivity contribution in [2.75, 3.05) is 7.05 Å². The van der Waals surface area contributed by atoms with Gasteiger partial charge in [-0.15, -0.1) is 0 Å². The van der Waals surface area contributed by atoms with Crippen molar-refractivity contribution in [3.63, 3.8) is 0 Å². The first-order valence-electron chi connectivity index (χ1n) is 3.01. The minimum absolute atomic E-state index is 0.130. The van der Waals surface area contributed by atoms with E-state index in [0.717, 1.165) is 0 Å². The Morgan fingerprint density at radius 3 is 1.46 bits per heavy atom. The molecule has 7 heteroatoms. The van der Waals surface area contributed by atoms with E-state index < -0.39 is 11.9 Å². The number of aliphatic imine (C=N–C) groups is 1. The Bertz CT molecular complexity index is 214. The van der Waals surface area contributed by atoms with Gasteiger partial charge in [0.25, 0.3) is 0 Å². The molecule has 0 aliphatic rings. The molecule has 74 valence electrons. The van der Waals surface area contributed by atoms with Crippen LogP contribution in [0.3, 0.4) is 0 Å². The fourth-order valence-corrected chi connectivity index (χ4v) is 0.143. The van der Waals surface area contributed by atoms with Gasteiger partial charge in [0.2, 0.25) is 0 Å². The molecule has 0 aliphatic heterocycles. The van der Waals surface area contributed by atoms with Crippen LogP contribution in [0.5, 0.6) is 0 Å². The van der Waals surface area contributed by atoms with Gasteiger partial charge in [0.15, 0.2) is 5.96 Å². The molecule has 0 amide bonds. The number of aliphatic carboxylic acids is 2. The molecule has 0 aromatic rings. The first kappa shape index (κ1) is 13.5. The number of rotatable bonds is 2. The molecule has 0 aliphatic carbocycles. The molecule has 0 unspecified atom stereocenters. The van der Waals surface area contributed by atoms with Crippen LogP contribution in [-0.2, 0) is 9.59 Å². The van der Waals surface area contributed by atoms with E-state index in [4.69, 9.17) is 21.7 Å². The summed E-state index contributed by atoms with van der Waals surface area (Å²) in [5, 5.41) is 15.6. The lowest BCUT2D eigenvalue weighted by atomic mass is 10.5. The van der Waals surface area contributed by atoms with Crippen molar-refractivity contribution in [2.24, 2.45) is 16.5 Å². The Labute approximate surface area is 74.4 Å². The van der Waals surface area contributed by atoms with Gasteiger partial charge in [-0.25, -0.2) is 9.59 Å². The quantitative estimate of drug-likeness (QED) is 0.239. The highest BCUT2D eigenvalue weighted by molar-refractivity contribution is 5.89. The van der Waals surface area contributed by atoms with Crippen molar-refractivity contribution in [2.45, 2.75) is 0 Å². The van der Waals surface area contributed by atoms with Gasteiger partial charge in [-0.3, -0.25) is 4.99 Å². The third kappa shape index (κ3) is 25.7. The Kier molecular flexibility index (Phi) is 8.38. The van der Waals surface area contributed by atoms with E-state index in [1.807, 2.05) is 0 Å². The molecule has 0 saturated heterocycles. The van der Waals surface area contributed by atoms with E-state index in [9.17, 15) is 9.59 Å². The molecule has 0 saturated carbocycles. The number of carbonyl (C=O) groups is 2. The second-order valence-corrected chi connectivity index (χ2v) is 1.66. The van der Waals surface area contributed by atoms with Gasteiger partial charge in [0.1, 0.15) is 0 Å². The first-order valence-corrected chi connectivity index (χ1v) is 3.01. The summed E-state index contributed by atoms with van der Waals surface area (Å²) < 4.78 is 0. The van der Waals surface area contributed by atoms with E-state index in [1.54, 1.807) is 0 Å². The number of nitrogens with zero attached hydrogens (tertiary/aromatic N) is 1. The van der Waals surface area contributed by atoms with Crippen LogP contribution in [0.15, 0.2) is 17.1 Å². The SMILES string of the molecule is CN=C(N)N.O=C(O)/C=C/C(=O)O. The number of hydrogen-bond donors (Lipinski definition) is 4. The minimum atomic E-state index is -1.26. The maximum atomic E-state index is 9.55. The molecular formula is C6H11N3O4. The zero-order chi connectivity index (χ0) is 10.9. The van der Waals surface area contributed by atoms with Gasteiger partial charge in [-0.05, 0) is 0 Å². The highest BCUT2D eigenvalue weighted by Crippen LogP contribution is 1.70. The average molecular weight is 189 g/mol. The number of carboxylic acids is 2. The van der Waals surface area contributed by atoms with Crippen LogP contribution in [0.1, 0.15) is 0 Å². The third-order valence-corrected chi connectivity index (χ3v) is 0.627. The predicted octanol–water partition coefficient (Wildman–Crippen LogP) is -1.40. The van der Waals surface area contributed by atoms with E-state index >= 15 is 0 Å². The van der Waals surface area contributed by atoms with Gasteiger partial charge in [-0.2, -0.15) is 0 Å². The van der Waals surface area contributed by atoms with Gasteiger partial charge < -0.3 is 21.7 Å². The monoisotopic (exact) mass is 189 g/mol. The van der Waals surface area contributed by atoms with Crippen molar-refractivity contribution in [1.82, 2.24) is 0 Å². The summed E-state index contributed by atoms with van der Waals surface area (Å²) in [6.07, 6.45) is 1.12. The van der Waals surface area contributed by atoms with Crippen LogP contribution in [0, 0.1) is 0 Å². The van der Waals surface area contributed by atoms with E-state index in [0.29, 0.717) is 12.2 Å². The second kappa shape index (κ2) is 8.05. The summed E-state index contributed by atoms with van der Waals surface area (Å²) in [5.74, 6) is -2.38. The number of carboxylic acid groups (broad SMARTS) is 2. The van der Waals surface area contributed by atoms with Crippen LogP contribution in [-0.4, -0.2) is 35.2 Å². The van der Waals surface area contributed by atoms with Crippen LogP contribution in [0.25, 0.3) is 0 Å². The van der Waals surface area contributed by atoms with Crippen molar-refractivity contribution in [1.29, 1.82) is 0 Å². The Morgan fingerprint density at radius 1 is 1.15 bits per heavy atom. The molecule has 13 heavy (non-hydrogen) atoms. The molecule has 0 bridgehead atoms. The maximum Gasteiger partial charge on any atom is 0.328 e. The summed E-state index contributed by atoms with van der Waals surface area (Å²) in [6, 6.07) is 0. The van der Waals surface area contributed by atoms with Gasteiger partial charge in [-0.1, -0.05) is 0 Å². The molecule has 7 nitrogen and oxygen atoms in total. The Hall–Kier alpha value is -2.05. The standard InChI is InChI=1S/C4H4O4.C2H7N3/c5-3(6)1-2-4(7)8;1-5-2(3)4/h1-2H,(H,5,6)(H,7,8);1H3,(H4,3,4,5)/b2-1+;. The minimum Gasteiger partial charge on any atom is -0.478 e. The zero-order valence-corrected chi connectivity index (χ0v) is 6.97. The first-order chi connectivity index (χ1) is 5.90. The molecule has 0 radical (unpaired) electrons. The molecule has 0 atom stereocenters. The molecular weight excluding hydrogens is 178 g/mol. The van der Waals surface area contributed by atoms with Crippen LogP contribution in [0.2, 0.25) is 0 Å². The van der Waals surface area contributed by atoms with Gasteiger partial charge in [0.05, 0.1) is 0 Å². The summed E-state index contributed by atoms with van der Waals surface area (Å²) >= 11 is 0. The molecule has 0 aromatic carbocycles. The predicted molar refractivity (Wildman–Crippen MR) is 46.1 cm³/mol. The fraction of sp³-hybridized carbons (Fsp3) is 0.167. The Morgan fingerprint density at radius 2 is 1.38 bits per heavy atom. The lowest BCUT2D eigenvalue weighted by molar-refractivity contribution is -0.134. The Balaban J connectivity index is 0. The number of nitrogens with two attached hydrogens (primary N) is 2. The molecule has 0 fully saturated rings. The summed E-state index contributed by atoms with van der Waals surface area (Å²) in [5.41, 5.74) is 9.64. The fourth-order valence-electron chi connectivity index (χ4n) is 0.143. The third-order valence-electron chi connectivity index (χ3n) is 0.627. The van der Waals surface area contributed by atoms with E-state index in [2.05, 4.69) is 4.99 Å². The molecule has 6 N–H and O–H groups in total. The lowest BCUT2D eigenvalue weighted by Crippen LogP contribution is -2.21. The maximum absolute atomic E-state index is 9.55. The lowest BCUT2D eigenvalue weighted by Gasteiger charge is -1.77. The van der Waals surface area contributed by atoms with Crippen LogP contribution in [0.4, 0.5) is 0 Å². The van der Waals surface area contributed by atoms with Gasteiger partial charge in [0, 0.05) is 19.2 Å². The second-order valence-electron chi connectivity index (χ2n) is 1.66. The highest BCUT2D eigenvalue weighted by atomic mass is 16.4. The zero-order valence-electron chi connectivity index (χ0n) is 6.97. The van der Waals surface area contributed by atoms with E-state index in [-0.39, 0.29) is 5.96 Å². The summed E-state index contributed by atoms with van der Waals surface area (Å²) in [7, 11) is 1.54. The smallest absolute Gasteiger partial charge is 0.328 e. The summed E-state index contributed by atoms with van der Waals surface area (Å²) in [6.45, 7) is 0. The topological polar surface area (TPSA) is 139 Å². The van der Waals surface area contributed by atoms with Crippen molar-refractivity contribution < 1.29 is 19.8 Å². The van der Waals surface area contributed by atoms with Crippen LogP contribution >= 0.6 is 0 Å². The average Bonchev–Trinajstić information content (AvgIpc) is 2.02. The normalized spacial score (nSPS) is 8.38. The van der Waals surface area contributed by atoms with Crippen molar-refractivity contribution >= 4 is 17.9 Å². The van der Waals surface area contributed by atoms with Crippen molar-refractivity contribution in [3.05, 3.63) is 12.2 Å². The number of hydrogen-bond acceptors (Lipinski definition) is 3. The highest BCUT2D eigenvalue weighted by Gasteiger charge is 1.88.